The summed E-state index contributed by atoms with van der Waals surface area (Å²) in [5.41, 5.74) is 0. The molecule has 2 N–H and O–H groups in total. The van der Waals surface area contributed by atoms with Gasteiger partial charge in [-0.1, -0.05) is 34.8 Å². The average Bonchev–Trinajstić information content (AvgIpc) is 2.95. The summed E-state index contributed by atoms with van der Waals surface area (Å²) in [6.07, 6.45) is -0.981. The molecule has 0 saturated carbocycles. The Kier molecular flexibility index (Phi) is 6.35. The Morgan fingerprint density at radius 1 is 1.22 bits per heavy atom. The predicted molar refractivity (Wildman–Crippen MR) is 85.5 cm³/mol. The topological polar surface area (TPSA) is 84.9 Å². The second-order valence-electron chi connectivity index (χ2n) is 4.87. The Morgan fingerprint density at radius 3 is 2.39 bits per heavy atom. The molecule has 1 aliphatic rings. The lowest BCUT2D eigenvalue weighted by molar-refractivity contribution is -0.151. The second kappa shape index (κ2) is 8.06. The maximum Gasteiger partial charge on any atom is 0.332 e. The summed E-state index contributed by atoms with van der Waals surface area (Å²) in [6, 6.07) is 3.00. The van der Waals surface area contributed by atoms with Crippen molar-refractivity contribution in [1.29, 1.82) is 0 Å². The highest BCUT2D eigenvalue weighted by molar-refractivity contribution is 6.40. The number of hydrogen-bond acceptors (Lipinski definition) is 4. The monoisotopic (exact) mass is 381 g/mol. The van der Waals surface area contributed by atoms with E-state index < -0.39 is 18.2 Å². The third kappa shape index (κ3) is 4.88. The number of ether oxygens (including phenoxy) is 2. The summed E-state index contributed by atoms with van der Waals surface area (Å²) in [4.78, 5) is 22.6. The SMILES string of the molecule is O=C(NCCOc1c(Cl)cc(Cl)cc1Cl)[C@@H]1CC[C@H](C(=O)O)O1. The molecule has 0 bridgehead atoms. The van der Waals surface area contributed by atoms with Crippen LogP contribution in [-0.4, -0.2) is 42.3 Å². The zero-order valence-electron chi connectivity index (χ0n) is 11.9. The fourth-order valence-corrected chi connectivity index (χ4v) is 3.05. The van der Waals surface area contributed by atoms with E-state index in [9.17, 15) is 9.59 Å². The second-order valence-corrected chi connectivity index (χ2v) is 6.12. The third-order valence-electron chi connectivity index (χ3n) is 3.20. The summed E-state index contributed by atoms with van der Waals surface area (Å²) in [5.74, 6) is -1.14. The lowest BCUT2D eigenvalue weighted by Crippen LogP contribution is -2.37. The van der Waals surface area contributed by atoms with Gasteiger partial charge >= 0.3 is 5.97 Å². The molecule has 126 valence electrons. The molecular formula is C14H14Cl3NO5. The van der Waals surface area contributed by atoms with Crippen LogP contribution in [0.2, 0.25) is 15.1 Å². The van der Waals surface area contributed by atoms with E-state index >= 15 is 0 Å². The molecule has 6 nitrogen and oxygen atoms in total. The number of carboxylic acids is 1. The van der Waals surface area contributed by atoms with E-state index in [-0.39, 0.29) is 34.9 Å². The van der Waals surface area contributed by atoms with Crippen LogP contribution < -0.4 is 10.1 Å². The number of carbonyl (C=O) groups excluding carboxylic acids is 1. The number of nitrogens with one attached hydrogen (secondary N) is 1. The molecule has 0 unspecified atom stereocenters. The molecule has 1 heterocycles. The number of halogens is 3. The van der Waals surface area contributed by atoms with Gasteiger partial charge in [0.25, 0.3) is 0 Å². The van der Waals surface area contributed by atoms with Crippen LogP contribution in [0.25, 0.3) is 0 Å². The van der Waals surface area contributed by atoms with Crippen molar-refractivity contribution in [3.63, 3.8) is 0 Å². The number of carboxylic acid groups (broad SMARTS) is 1. The molecule has 1 saturated heterocycles. The van der Waals surface area contributed by atoms with E-state index in [1.54, 1.807) is 0 Å². The zero-order valence-corrected chi connectivity index (χ0v) is 14.1. The van der Waals surface area contributed by atoms with Gasteiger partial charge in [0.2, 0.25) is 5.91 Å². The van der Waals surface area contributed by atoms with Gasteiger partial charge in [-0.2, -0.15) is 0 Å². The predicted octanol–water partition coefficient (Wildman–Crippen LogP) is 2.77. The van der Waals surface area contributed by atoms with Crippen LogP contribution in [0.4, 0.5) is 0 Å². The van der Waals surface area contributed by atoms with Gasteiger partial charge in [0.1, 0.15) is 12.7 Å². The zero-order chi connectivity index (χ0) is 17.0. The van der Waals surface area contributed by atoms with Crippen molar-refractivity contribution >= 4 is 46.7 Å². The van der Waals surface area contributed by atoms with Crippen LogP contribution in [0.15, 0.2) is 12.1 Å². The Morgan fingerprint density at radius 2 is 1.83 bits per heavy atom. The smallest absolute Gasteiger partial charge is 0.332 e. The minimum atomic E-state index is -1.06. The van der Waals surface area contributed by atoms with Crippen molar-refractivity contribution in [3.8, 4) is 5.75 Å². The Labute approximate surface area is 147 Å². The molecule has 0 aliphatic carbocycles. The van der Waals surface area contributed by atoms with E-state index in [0.717, 1.165) is 0 Å². The number of hydrogen-bond donors (Lipinski definition) is 2. The molecule has 0 spiro atoms. The van der Waals surface area contributed by atoms with Crippen LogP contribution in [0.5, 0.6) is 5.75 Å². The molecule has 0 radical (unpaired) electrons. The molecule has 2 rings (SSSR count). The van der Waals surface area contributed by atoms with Crippen LogP contribution in [-0.2, 0) is 14.3 Å². The van der Waals surface area contributed by atoms with Crippen molar-refractivity contribution in [2.24, 2.45) is 0 Å². The molecule has 1 amide bonds. The van der Waals surface area contributed by atoms with Crippen molar-refractivity contribution in [2.75, 3.05) is 13.2 Å². The van der Waals surface area contributed by atoms with Gasteiger partial charge in [0, 0.05) is 5.02 Å². The van der Waals surface area contributed by atoms with Crippen LogP contribution in [0.1, 0.15) is 12.8 Å². The van der Waals surface area contributed by atoms with Gasteiger partial charge in [0.05, 0.1) is 16.6 Å². The van der Waals surface area contributed by atoms with Gasteiger partial charge in [-0.15, -0.1) is 0 Å². The van der Waals surface area contributed by atoms with Crippen LogP contribution in [0.3, 0.4) is 0 Å². The van der Waals surface area contributed by atoms with E-state index in [4.69, 9.17) is 49.4 Å². The summed E-state index contributed by atoms with van der Waals surface area (Å²) >= 11 is 17.7. The molecular weight excluding hydrogens is 369 g/mol. The first-order valence-electron chi connectivity index (χ1n) is 6.82. The van der Waals surface area contributed by atoms with Crippen LogP contribution >= 0.6 is 34.8 Å². The van der Waals surface area contributed by atoms with Crippen LogP contribution in [0, 0.1) is 0 Å². The van der Waals surface area contributed by atoms with Crippen molar-refractivity contribution < 1.29 is 24.2 Å². The van der Waals surface area contributed by atoms with Gasteiger partial charge < -0.3 is 19.9 Å². The minimum absolute atomic E-state index is 0.141. The van der Waals surface area contributed by atoms with Gasteiger partial charge in [-0.05, 0) is 25.0 Å². The molecule has 1 aromatic carbocycles. The normalized spacial score (nSPS) is 20.3. The van der Waals surface area contributed by atoms with E-state index in [1.807, 2.05) is 0 Å². The van der Waals surface area contributed by atoms with Gasteiger partial charge in [-0.25, -0.2) is 4.79 Å². The molecule has 1 fully saturated rings. The lowest BCUT2D eigenvalue weighted by Gasteiger charge is -2.13. The van der Waals surface area contributed by atoms with Crippen molar-refractivity contribution in [3.05, 3.63) is 27.2 Å². The Balaban J connectivity index is 1.76. The molecule has 1 aromatic rings. The van der Waals surface area contributed by atoms with Gasteiger partial charge in [0.15, 0.2) is 11.9 Å². The molecule has 23 heavy (non-hydrogen) atoms. The van der Waals surface area contributed by atoms with Gasteiger partial charge in [-0.3, -0.25) is 4.79 Å². The summed E-state index contributed by atoms with van der Waals surface area (Å²) in [7, 11) is 0. The van der Waals surface area contributed by atoms with E-state index in [1.165, 1.54) is 12.1 Å². The average molecular weight is 383 g/mol. The molecule has 0 aromatic heterocycles. The lowest BCUT2D eigenvalue weighted by atomic mass is 10.2. The standard InChI is InChI=1S/C14H14Cl3NO5/c15-7-5-8(16)12(9(17)6-7)22-4-3-18-13(19)10-1-2-11(23-10)14(20)21/h5-6,10-11H,1-4H2,(H,18,19)(H,20,21)/t10-,11+/m0/s1. The Bertz CT molecular complexity index is 587. The first kappa shape index (κ1) is 18.1. The first-order valence-corrected chi connectivity index (χ1v) is 7.95. The highest BCUT2D eigenvalue weighted by atomic mass is 35.5. The van der Waals surface area contributed by atoms with Crippen molar-refractivity contribution in [2.45, 2.75) is 25.0 Å². The third-order valence-corrected chi connectivity index (χ3v) is 3.98. The molecule has 2 atom stereocenters. The van der Waals surface area contributed by atoms with Crippen molar-refractivity contribution in [1.82, 2.24) is 5.32 Å². The first-order chi connectivity index (χ1) is 10.9. The number of amides is 1. The maximum absolute atomic E-state index is 11.8. The number of benzene rings is 1. The fraction of sp³-hybridized carbons (Fsp3) is 0.429. The molecule has 1 aliphatic heterocycles. The Hall–Kier alpha value is -1.21. The number of rotatable bonds is 6. The highest BCUT2D eigenvalue weighted by Gasteiger charge is 2.34. The molecule has 9 heteroatoms. The summed E-state index contributed by atoms with van der Waals surface area (Å²) in [5, 5.41) is 12.4. The largest absolute Gasteiger partial charge is 0.489 e. The van der Waals surface area contributed by atoms with E-state index in [0.29, 0.717) is 17.9 Å². The minimum Gasteiger partial charge on any atom is -0.489 e. The maximum atomic E-state index is 11.8. The number of aliphatic carboxylic acids is 1. The summed E-state index contributed by atoms with van der Waals surface area (Å²) < 4.78 is 10.6. The van der Waals surface area contributed by atoms with E-state index in [2.05, 4.69) is 5.32 Å². The quantitative estimate of drug-likeness (QED) is 0.739. The fourth-order valence-electron chi connectivity index (χ4n) is 2.12. The number of carbonyl (C=O) groups is 2. The highest BCUT2D eigenvalue weighted by Crippen LogP contribution is 2.35. The summed E-state index contributed by atoms with van der Waals surface area (Å²) in [6.45, 7) is 0.341.